The zero-order valence-electron chi connectivity index (χ0n) is 18.6. The molecule has 0 aromatic carbocycles. The molecule has 1 saturated heterocycles. The third-order valence-corrected chi connectivity index (χ3v) is 9.65. The van der Waals surface area contributed by atoms with Crippen molar-refractivity contribution in [3.63, 3.8) is 0 Å². The number of fused-ring (bicyclic) bond motifs is 1. The van der Waals surface area contributed by atoms with E-state index in [0.29, 0.717) is 27.1 Å². The summed E-state index contributed by atoms with van der Waals surface area (Å²) in [7, 11) is 0. The fourth-order valence-electron chi connectivity index (χ4n) is 4.11. The number of alkyl halides is 2. The molecular formula is C20H19ClF2N6O4S3. The van der Waals surface area contributed by atoms with Gasteiger partial charge in [-0.25, -0.2) is 13.6 Å². The molecule has 2 fully saturated rings. The van der Waals surface area contributed by atoms with Crippen LogP contribution in [0.5, 0.6) is 0 Å². The normalized spacial score (nSPS) is 21.6. The monoisotopic (exact) mass is 576 g/mol. The highest BCUT2D eigenvalue weighted by molar-refractivity contribution is 8.01. The fraction of sp³-hybridized carbons (Fsp3) is 0.500. The largest absolute Gasteiger partial charge is 0.477 e. The number of nitrogens with zero attached hydrogens (tertiary/aromatic N) is 5. The zero-order chi connectivity index (χ0) is 25.7. The summed E-state index contributed by atoms with van der Waals surface area (Å²) < 4.78 is 28.4. The summed E-state index contributed by atoms with van der Waals surface area (Å²) in [5, 5.41) is 24.3. The maximum Gasteiger partial charge on any atom is 0.352 e. The maximum absolute atomic E-state index is 13.3. The number of carboxylic acids is 1. The maximum atomic E-state index is 13.3. The molecule has 0 radical (unpaired) electrons. The molecule has 2 aromatic heterocycles. The Kier molecular flexibility index (Phi) is 7.00. The summed E-state index contributed by atoms with van der Waals surface area (Å²) in [6.07, 6.45) is -1.33. The average Bonchev–Trinajstić information content (AvgIpc) is 3.49. The predicted octanol–water partition coefficient (Wildman–Crippen LogP) is 3.04. The first-order valence-corrected chi connectivity index (χ1v) is 14.0. The first-order valence-electron chi connectivity index (χ1n) is 10.8. The van der Waals surface area contributed by atoms with E-state index < -0.39 is 41.3 Å². The summed E-state index contributed by atoms with van der Waals surface area (Å²) in [5.74, 6) is -1.67. The summed E-state index contributed by atoms with van der Waals surface area (Å²) in [4.78, 5) is 38.8. The van der Waals surface area contributed by atoms with Gasteiger partial charge in [-0.1, -0.05) is 34.7 Å². The number of nitrogens with one attached hydrogen (secondary N) is 1. The number of thioether (sulfide) groups is 2. The molecule has 2 amide bonds. The Bertz CT molecular complexity index is 1280. The number of β-lactam (4-membered cyclic amide) rings is 1. The van der Waals surface area contributed by atoms with Gasteiger partial charge in [-0.3, -0.25) is 19.2 Å². The van der Waals surface area contributed by atoms with Crippen LogP contribution in [0.3, 0.4) is 0 Å². The van der Waals surface area contributed by atoms with Crippen LogP contribution in [0.2, 0.25) is 5.02 Å². The second-order valence-corrected chi connectivity index (χ2v) is 12.3. The molecule has 0 bridgehead atoms. The standard InChI is InChI=1S/C20H19ClF2N6O4S3/c1-7-25-26-20(36-7)35-6-9-5-34-18-13(17(31)29(18)15(9)19(32)33)24-10(30)4-28-14(8-2-3-8)11(21)12(27-28)16(22)23/h8,13,16,18H,2-6H2,1H3,(H,24,30)(H,32,33). The third kappa shape index (κ3) is 4.73. The predicted molar refractivity (Wildman–Crippen MR) is 129 cm³/mol. The molecule has 2 N–H and O–H groups in total. The van der Waals surface area contributed by atoms with E-state index in [9.17, 15) is 28.3 Å². The van der Waals surface area contributed by atoms with Gasteiger partial charge in [0.15, 0.2) is 4.34 Å². The number of aromatic nitrogens is 4. The van der Waals surface area contributed by atoms with Crippen molar-refractivity contribution in [1.29, 1.82) is 0 Å². The van der Waals surface area contributed by atoms with E-state index in [1.807, 2.05) is 6.92 Å². The molecule has 16 heteroatoms. The van der Waals surface area contributed by atoms with Crippen LogP contribution in [0, 0.1) is 6.92 Å². The molecular weight excluding hydrogens is 558 g/mol. The van der Waals surface area contributed by atoms with E-state index >= 15 is 0 Å². The van der Waals surface area contributed by atoms with E-state index in [4.69, 9.17) is 11.6 Å². The van der Waals surface area contributed by atoms with Crippen LogP contribution < -0.4 is 5.32 Å². The Morgan fingerprint density at radius 3 is 2.69 bits per heavy atom. The van der Waals surface area contributed by atoms with Gasteiger partial charge < -0.3 is 10.4 Å². The summed E-state index contributed by atoms with van der Waals surface area (Å²) in [6.45, 7) is 1.45. The molecule has 2 unspecified atom stereocenters. The quantitative estimate of drug-likeness (QED) is 0.341. The number of hydrogen-bond donors (Lipinski definition) is 2. The number of carbonyl (C=O) groups is 3. The number of carboxylic acid groups (broad SMARTS) is 1. The summed E-state index contributed by atoms with van der Waals surface area (Å²) >= 11 is 10.2. The van der Waals surface area contributed by atoms with E-state index in [2.05, 4.69) is 20.6 Å². The number of amides is 2. The first-order chi connectivity index (χ1) is 17.2. The Labute approximate surface area is 220 Å². The van der Waals surface area contributed by atoms with Crippen molar-refractivity contribution >= 4 is 64.2 Å². The van der Waals surface area contributed by atoms with Crippen LogP contribution in [-0.4, -0.2) is 70.7 Å². The smallest absolute Gasteiger partial charge is 0.352 e. The number of aliphatic carboxylic acids is 1. The van der Waals surface area contributed by atoms with E-state index in [0.717, 1.165) is 17.8 Å². The highest BCUT2D eigenvalue weighted by Crippen LogP contribution is 2.46. The van der Waals surface area contributed by atoms with Crippen molar-refractivity contribution in [2.75, 3.05) is 11.5 Å². The number of rotatable bonds is 9. The molecule has 5 rings (SSSR count). The minimum absolute atomic E-state index is 0.0244. The van der Waals surface area contributed by atoms with Crippen LogP contribution in [-0.2, 0) is 20.9 Å². The van der Waals surface area contributed by atoms with Crippen LogP contribution in [0.25, 0.3) is 0 Å². The number of carbonyl (C=O) groups excluding carboxylic acids is 2. The number of hydrogen-bond acceptors (Lipinski definition) is 9. The lowest BCUT2D eigenvalue weighted by Gasteiger charge is -2.49. The number of aryl methyl sites for hydroxylation is 1. The SMILES string of the molecule is Cc1nnc(SCC2=C(C(=O)O)N3C(=O)C(NC(=O)Cn4nc(C(F)F)c(Cl)c4C4CC4)C3SC2)s1. The molecule has 2 aromatic rings. The van der Waals surface area contributed by atoms with Crippen molar-refractivity contribution in [3.8, 4) is 0 Å². The Balaban J connectivity index is 1.27. The van der Waals surface area contributed by atoms with Gasteiger partial charge in [-0.15, -0.1) is 22.0 Å². The van der Waals surface area contributed by atoms with Crippen molar-refractivity contribution in [1.82, 2.24) is 30.2 Å². The Morgan fingerprint density at radius 2 is 2.08 bits per heavy atom. The van der Waals surface area contributed by atoms with E-state index in [1.165, 1.54) is 44.4 Å². The highest BCUT2D eigenvalue weighted by atomic mass is 35.5. The van der Waals surface area contributed by atoms with Crippen LogP contribution in [0.15, 0.2) is 15.6 Å². The lowest BCUT2D eigenvalue weighted by molar-refractivity contribution is -0.150. The van der Waals surface area contributed by atoms with Gasteiger partial charge >= 0.3 is 5.97 Å². The molecule has 1 saturated carbocycles. The van der Waals surface area contributed by atoms with Crippen LogP contribution in [0.1, 0.15) is 41.6 Å². The van der Waals surface area contributed by atoms with Gasteiger partial charge in [0, 0.05) is 17.4 Å². The van der Waals surface area contributed by atoms with E-state index in [-0.39, 0.29) is 23.2 Å². The lowest BCUT2D eigenvalue weighted by atomic mass is 10.0. The molecule has 0 spiro atoms. The highest BCUT2D eigenvalue weighted by Gasteiger charge is 2.54. The minimum Gasteiger partial charge on any atom is -0.477 e. The van der Waals surface area contributed by atoms with Crippen molar-refractivity contribution in [2.45, 2.75) is 54.4 Å². The van der Waals surface area contributed by atoms with Gasteiger partial charge in [0.2, 0.25) is 5.91 Å². The molecule has 192 valence electrons. The second kappa shape index (κ2) is 9.91. The summed E-state index contributed by atoms with van der Waals surface area (Å²) in [5.41, 5.74) is 0.337. The minimum atomic E-state index is -2.87. The Morgan fingerprint density at radius 1 is 1.33 bits per heavy atom. The van der Waals surface area contributed by atoms with Gasteiger partial charge in [0.1, 0.15) is 34.4 Å². The first kappa shape index (κ1) is 25.4. The molecule has 4 heterocycles. The Hall–Kier alpha value is -2.23. The van der Waals surface area contributed by atoms with Crippen molar-refractivity contribution in [3.05, 3.63) is 32.7 Å². The third-order valence-electron chi connectivity index (χ3n) is 5.86. The van der Waals surface area contributed by atoms with Crippen molar-refractivity contribution in [2.24, 2.45) is 0 Å². The van der Waals surface area contributed by atoms with Gasteiger partial charge in [-0.05, 0) is 25.3 Å². The average molecular weight is 577 g/mol. The zero-order valence-corrected chi connectivity index (χ0v) is 21.8. The van der Waals surface area contributed by atoms with Gasteiger partial charge in [-0.2, -0.15) is 5.10 Å². The van der Waals surface area contributed by atoms with Gasteiger partial charge in [0.25, 0.3) is 12.3 Å². The van der Waals surface area contributed by atoms with E-state index in [1.54, 1.807) is 0 Å². The van der Waals surface area contributed by atoms with Crippen molar-refractivity contribution < 1.29 is 28.3 Å². The topological polar surface area (TPSA) is 130 Å². The molecule has 2 aliphatic heterocycles. The molecule has 1 aliphatic carbocycles. The molecule has 10 nitrogen and oxygen atoms in total. The lowest BCUT2D eigenvalue weighted by Crippen LogP contribution is -2.70. The summed E-state index contributed by atoms with van der Waals surface area (Å²) in [6, 6.07) is -0.929. The molecule has 36 heavy (non-hydrogen) atoms. The van der Waals surface area contributed by atoms with Crippen LogP contribution in [0.4, 0.5) is 8.78 Å². The molecule has 2 atom stereocenters. The van der Waals surface area contributed by atoms with Crippen LogP contribution >= 0.6 is 46.5 Å². The van der Waals surface area contributed by atoms with Gasteiger partial charge in [0.05, 0.1) is 10.7 Å². The number of halogens is 3. The fourth-order valence-corrected chi connectivity index (χ4v) is 7.79. The molecule has 3 aliphatic rings. The second-order valence-electron chi connectivity index (χ2n) is 8.41.